The summed E-state index contributed by atoms with van der Waals surface area (Å²) < 4.78 is 6.08. The molecule has 1 N–H and O–H groups in total. The van der Waals surface area contributed by atoms with Gasteiger partial charge in [-0.05, 0) is 25.5 Å². The SMILES string of the molecule is CCCCCCOC(CC)C(NC)c1ccccc1. The molecule has 0 fully saturated rings. The van der Waals surface area contributed by atoms with Crippen molar-refractivity contribution in [2.45, 2.75) is 58.1 Å². The number of nitrogens with one attached hydrogen (secondary N) is 1. The number of hydrogen-bond donors (Lipinski definition) is 1. The average Bonchev–Trinajstić information content (AvgIpc) is 2.47. The van der Waals surface area contributed by atoms with Gasteiger partial charge >= 0.3 is 0 Å². The van der Waals surface area contributed by atoms with E-state index in [1.807, 2.05) is 7.05 Å². The third-order valence-electron chi connectivity index (χ3n) is 3.57. The maximum atomic E-state index is 6.08. The standard InChI is InChI=1S/C17H29NO/c1-4-6-7-11-14-19-16(5-2)17(18-3)15-12-9-8-10-13-15/h8-10,12-13,16-18H,4-7,11,14H2,1-3H3. The molecule has 0 aromatic heterocycles. The highest BCUT2D eigenvalue weighted by Gasteiger charge is 2.20. The largest absolute Gasteiger partial charge is 0.376 e. The summed E-state index contributed by atoms with van der Waals surface area (Å²) in [5.74, 6) is 0. The van der Waals surface area contributed by atoms with Crippen LogP contribution in [-0.4, -0.2) is 19.8 Å². The van der Waals surface area contributed by atoms with Gasteiger partial charge in [-0.3, -0.25) is 0 Å². The number of benzene rings is 1. The molecule has 1 rings (SSSR count). The van der Waals surface area contributed by atoms with Crippen LogP contribution in [0.2, 0.25) is 0 Å². The molecule has 0 bridgehead atoms. The Hall–Kier alpha value is -0.860. The summed E-state index contributed by atoms with van der Waals surface area (Å²) in [6.45, 7) is 5.32. The molecule has 19 heavy (non-hydrogen) atoms. The lowest BCUT2D eigenvalue weighted by Crippen LogP contribution is -2.31. The van der Waals surface area contributed by atoms with Crippen LogP contribution in [0, 0.1) is 0 Å². The Kier molecular flexibility index (Phi) is 8.52. The van der Waals surface area contributed by atoms with E-state index in [4.69, 9.17) is 4.74 Å². The maximum absolute atomic E-state index is 6.08. The van der Waals surface area contributed by atoms with Gasteiger partial charge in [0.2, 0.25) is 0 Å². The lowest BCUT2D eigenvalue weighted by Gasteiger charge is -2.26. The second-order valence-electron chi connectivity index (χ2n) is 5.06. The molecule has 0 amide bonds. The van der Waals surface area contributed by atoms with Crippen molar-refractivity contribution in [2.75, 3.05) is 13.7 Å². The van der Waals surface area contributed by atoms with Crippen LogP contribution >= 0.6 is 0 Å². The van der Waals surface area contributed by atoms with E-state index >= 15 is 0 Å². The number of likely N-dealkylation sites (N-methyl/N-ethyl adjacent to an activating group) is 1. The van der Waals surface area contributed by atoms with Gasteiger partial charge in [0, 0.05) is 6.61 Å². The van der Waals surface area contributed by atoms with Gasteiger partial charge in [-0.1, -0.05) is 63.4 Å². The zero-order chi connectivity index (χ0) is 13.9. The molecule has 0 aliphatic heterocycles. The molecule has 0 heterocycles. The van der Waals surface area contributed by atoms with Gasteiger partial charge in [-0.2, -0.15) is 0 Å². The molecule has 1 aromatic carbocycles. The fourth-order valence-electron chi connectivity index (χ4n) is 2.44. The fraction of sp³-hybridized carbons (Fsp3) is 0.647. The van der Waals surface area contributed by atoms with Crippen molar-refractivity contribution in [2.24, 2.45) is 0 Å². The van der Waals surface area contributed by atoms with E-state index in [0.29, 0.717) is 0 Å². The maximum Gasteiger partial charge on any atom is 0.0767 e. The summed E-state index contributed by atoms with van der Waals surface area (Å²) >= 11 is 0. The number of hydrogen-bond acceptors (Lipinski definition) is 2. The second kappa shape index (κ2) is 9.99. The highest BCUT2D eigenvalue weighted by molar-refractivity contribution is 5.20. The van der Waals surface area contributed by atoms with E-state index in [-0.39, 0.29) is 12.1 Å². The monoisotopic (exact) mass is 263 g/mol. The van der Waals surface area contributed by atoms with E-state index in [0.717, 1.165) is 13.0 Å². The quantitative estimate of drug-likeness (QED) is 0.635. The molecule has 0 radical (unpaired) electrons. The molecular formula is C17H29NO. The first-order chi connectivity index (χ1) is 9.33. The highest BCUT2D eigenvalue weighted by atomic mass is 16.5. The first-order valence-electron chi connectivity index (χ1n) is 7.67. The van der Waals surface area contributed by atoms with Crippen molar-refractivity contribution in [1.82, 2.24) is 5.32 Å². The van der Waals surface area contributed by atoms with Gasteiger partial charge in [-0.25, -0.2) is 0 Å². The Morgan fingerprint density at radius 1 is 1.05 bits per heavy atom. The fourth-order valence-corrected chi connectivity index (χ4v) is 2.44. The minimum atomic E-state index is 0.258. The summed E-state index contributed by atoms with van der Waals surface area (Å²) in [4.78, 5) is 0. The van der Waals surface area contributed by atoms with Crippen LogP contribution in [0.25, 0.3) is 0 Å². The average molecular weight is 263 g/mol. The topological polar surface area (TPSA) is 21.3 Å². The highest BCUT2D eigenvalue weighted by Crippen LogP contribution is 2.21. The van der Waals surface area contributed by atoms with Crippen LogP contribution < -0.4 is 5.32 Å². The molecule has 0 spiro atoms. The van der Waals surface area contributed by atoms with Gasteiger partial charge in [-0.15, -0.1) is 0 Å². The predicted molar refractivity (Wildman–Crippen MR) is 82.4 cm³/mol. The van der Waals surface area contributed by atoms with Crippen LogP contribution in [0.3, 0.4) is 0 Å². The summed E-state index contributed by atoms with van der Waals surface area (Å²) in [7, 11) is 2.01. The number of rotatable bonds is 10. The van der Waals surface area contributed by atoms with Crippen molar-refractivity contribution in [3.05, 3.63) is 35.9 Å². The normalized spacial score (nSPS) is 14.3. The first-order valence-corrected chi connectivity index (χ1v) is 7.67. The van der Waals surface area contributed by atoms with E-state index in [1.165, 1.54) is 31.2 Å². The Morgan fingerprint density at radius 3 is 2.37 bits per heavy atom. The predicted octanol–water partition coefficient (Wildman–Crippen LogP) is 4.32. The summed E-state index contributed by atoms with van der Waals surface area (Å²) in [6, 6.07) is 10.9. The van der Waals surface area contributed by atoms with Crippen molar-refractivity contribution in [1.29, 1.82) is 0 Å². The Bertz CT molecular complexity index is 312. The lowest BCUT2D eigenvalue weighted by molar-refractivity contribution is 0.0229. The molecule has 2 unspecified atom stereocenters. The molecule has 2 heteroatoms. The van der Waals surface area contributed by atoms with Gasteiger partial charge in [0.25, 0.3) is 0 Å². The van der Waals surface area contributed by atoms with E-state index in [2.05, 4.69) is 49.5 Å². The van der Waals surface area contributed by atoms with E-state index in [1.54, 1.807) is 0 Å². The van der Waals surface area contributed by atoms with Gasteiger partial charge < -0.3 is 10.1 Å². The van der Waals surface area contributed by atoms with Gasteiger partial charge in [0.05, 0.1) is 12.1 Å². The number of unbranched alkanes of at least 4 members (excludes halogenated alkanes) is 3. The van der Waals surface area contributed by atoms with E-state index in [9.17, 15) is 0 Å². The third kappa shape index (κ3) is 5.75. The van der Waals surface area contributed by atoms with Crippen LogP contribution in [0.4, 0.5) is 0 Å². The third-order valence-corrected chi connectivity index (χ3v) is 3.57. The molecule has 2 atom stereocenters. The molecule has 0 aliphatic carbocycles. The van der Waals surface area contributed by atoms with Crippen molar-refractivity contribution in [3.8, 4) is 0 Å². The zero-order valence-corrected chi connectivity index (χ0v) is 12.7. The van der Waals surface area contributed by atoms with Gasteiger partial charge in [0.15, 0.2) is 0 Å². The first kappa shape index (κ1) is 16.2. The Morgan fingerprint density at radius 2 is 1.79 bits per heavy atom. The van der Waals surface area contributed by atoms with E-state index < -0.39 is 0 Å². The smallest absolute Gasteiger partial charge is 0.0767 e. The van der Waals surface area contributed by atoms with Crippen LogP contribution in [0.15, 0.2) is 30.3 Å². The molecule has 0 saturated carbocycles. The van der Waals surface area contributed by atoms with Crippen LogP contribution in [0.5, 0.6) is 0 Å². The Balaban J connectivity index is 2.47. The molecular weight excluding hydrogens is 234 g/mol. The van der Waals surface area contributed by atoms with Crippen molar-refractivity contribution < 1.29 is 4.74 Å². The second-order valence-corrected chi connectivity index (χ2v) is 5.06. The minimum Gasteiger partial charge on any atom is -0.376 e. The summed E-state index contributed by atoms with van der Waals surface area (Å²) in [5, 5.41) is 3.40. The van der Waals surface area contributed by atoms with Crippen molar-refractivity contribution in [3.63, 3.8) is 0 Å². The van der Waals surface area contributed by atoms with Gasteiger partial charge in [0.1, 0.15) is 0 Å². The number of ether oxygens (including phenoxy) is 1. The minimum absolute atomic E-state index is 0.258. The van der Waals surface area contributed by atoms with Crippen molar-refractivity contribution >= 4 is 0 Å². The molecule has 0 saturated heterocycles. The molecule has 1 aromatic rings. The zero-order valence-electron chi connectivity index (χ0n) is 12.7. The van der Waals surface area contributed by atoms with Crippen LogP contribution in [-0.2, 0) is 4.74 Å². The summed E-state index contributed by atoms with van der Waals surface area (Å²) in [6.07, 6.45) is 6.34. The Labute approximate surface area is 118 Å². The molecule has 0 aliphatic rings. The summed E-state index contributed by atoms with van der Waals surface area (Å²) in [5.41, 5.74) is 1.31. The molecule has 2 nitrogen and oxygen atoms in total. The lowest BCUT2D eigenvalue weighted by atomic mass is 10.00. The van der Waals surface area contributed by atoms with Crippen LogP contribution in [0.1, 0.15) is 57.6 Å². The molecule has 108 valence electrons.